The molecule has 3 rings (SSSR count). The Morgan fingerprint density at radius 3 is 1.65 bits per heavy atom. The highest BCUT2D eigenvalue weighted by molar-refractivity contribution is 5.81. The third-order valence-corrected chi connectivity index (χ3v) is 5.12. The van der Waals surface area contributed by atoms with Crippen molar-refractivity contribution in [2.45, 2.75) is 18.1 Å². The molecule has 0 unspecified atom stereocenters. The SMILES string of the molecule is COc1cc(OC)nc(O[C@](C)(C(=O)O)C(OC)(c2ccccc2)c2ccccc2)n1. The van der Waals surface area contributed by atoms with Crippen molar-refractivity contribution >= 4 is 5.97 Å². The molecule has 0 radical (unpaired) electrons. The molecule has 2 aromatic carbocycles. The van der Waals surface area contributed by atoms with Crippen molar-refractivity contribution in [3.63, 3.8) is 0 Å². The molecule has 0 amide bonds. The van der Waals surface area contributed by atoms with Gasteiger partial charge in [0.25, 0.3) is 0 Å². The normalized spacial score (nSPS) is 13.2. The number of nitrogens with zero attached hydrogens (tertiary/aromatic N) is 2. The van der Waals surface area contributed by atoms with Gasteiger partial charge in [0.2, 0.25) is 17.4 Å². The van der Waals surface area contributed by atoms with E-state index in [2.05, 4.69) is 9.97 Å². The lowest BCUT2D eigenvalue weighted by Crippen LogP contribution is -2.60. The number of benzene rings is 2. The lowest BCUT2D eigenvalue weighted by atomic mass is 9.73. The van der Waals surface area contributed by atoms with E-state index in [1.54, 1.807) is 48.5 Å². The molecule has 162 valence electrons. The Labute approximate surface area is 180 Å². The van der Waals surface area contributed by atoms with E-state index in [4.69, 9.17) is 18.9 Å². The number of carbonyl (C=O) groups is 1. The maximum absolute atomic E-state index is 12.8. The topological polar surface area (TPSA) is 100 Å². The fraction of sp³-hybridized carbons (Fsp3) is 0.261. The van der Waals surface area contributed by atoms with Crippen LogP contribution in [0.5, 0.6) is 17.8 Å². The minimum absolute atomic E-state index is 0.164. The minimum Gasteiger partial charge on any atom is -0.481 e. The van der Waals surface area contributed by atoms with Crippen molar-refractivity contribution in [3.05, 3.63) is 77.9 Å². The van der Waals surface area contributed by atoms with Crippen molar-refractivity contribution in [1.29, 1.82) is 0 Å². The van der Waals surface area contributed by atoms with Crippen LogP contribution < -0.4 is 14.2 Å². The van der Waals surface area contributed by atoms with Gasteiger partial charge in [0.05, 0.1) is 20.3 Å². The van der Waals surface area contributed by atoms with Gasteiger partial charge in [-0.05, 0) is 18.1 Å². The standard InChI is InChI=1S/C23H24N2O6/c1-22(20(26)27,31-21-24-18(28-2)15-19(25-21)29-3)23(30-4,16-11-7-5-8-12-16)17-13-9-6-10-14-17/h5-15H,1-4H3,(H,26,27)/t22-/m1/s1. The largest absolute Gasteiger partial charge is 0.481 e. The highest BCUT2D eigenvalue weighted by Crippen LogP contribution is 2.45. The second-order valence-electron chi connectivity index (χ2n) is 6.79. The van der Waals surface area contributed by atoms with E-state index in [1.165, 1.54) is 34.3 Å². The Bertz CT molecular complexity index is 967. The third kappa shape index (κ3) is 3.89. The summed E-state index contributed by atoms with van der Waals surface area (Å²) in [5.74, 6) is -0.943. The summed E-state index contributed by atoms with van der Waals surface area (Å²) < 4.78 is 22.3. The molecule has 0 spiro atoms. The van der Waals surface area contributed by atoms with Crippen LogP contribution in [0.25, 0.3) is 0 Å². The van der Waals surface area contributed by atoms with Crippen molar-refractivity contribution in [2.24, 2.45) is 0 Å². The Morgan fingerprint density at radius 2 is 1.29 bits per heavy atom. The predicted molar refractivity (Wildman–Crippen MR) is 112 cm³/mol. The van der Waals surface area contributed by atoms with E-state index in [-0.39, 0.29) is 17.8 Å². The number of methoxy groups -OCH3 is 3. The molecule has 0 bridgehead atoms. The molecule has 0 aliphatic carbocycles. The first-order valence-electron chi connectivity index (χ1n) is 9.47. The van der Waals surface area contributed by atoms with Crippen LogP contribution in [-0.4, -0.2) is 48.0 Å². The summed E-state index contributed by atoms with van der Waals surface area (Å²) in [4.78, 5) is 21.1. The van der Waals surface area contributed by atoms with Gasteiger partial charge in [-0.2, -0.15) is 9.97 Å². The van der Waals surface area contributed by atoms with E-state index >= 15 is 0 Å². The monoisotopic (exact) mass is 424 g/mol. The molecule has 0 aliphatic heterocycles. The fourth-order valence-electron chi connectivity index (χ4n) is 3.58. The molecule has 3 aromatic rings. The summed E-state index contributed by atoms with van der Waals surface area (Å²) in [6, 6.07) is 19.3. The summed E-state index contributed by atoms with van der Waals surface area (Å²) in [7, 11) is 4.29. The number of ether oxygens (including phenoxy) is 4. The van der Waals surface area contributed by atoms with Gasteiger partial charge in [-0.25, -0.2) is 4.79 Å². The number of hydrogen-bond donors (Lipinski definition) is 1. The Hall–Kier alpha value is -3.65. The quantitative estimate of drug-likeness (QED) is 0.559. The smallest absolute Gasteiger partial charge is 0.351 e. The van der Waals surface area contributed by atoms with Gasteiger partial charge >= 0.3 is 12.0 Å². The Balaban J connectivity index is 2.27. The molecule has 8 heteroatoms. The first-order chi connectivity index (χ1) is 14.9. The van der Waals surface area contributed by atoms with Crippen molar-refractivity contribution in [2.75, 3.05) is 21.3 Å². The van der Waals surface area contributed by atoms with Crippen LogP contribution in [0.15, 0.2) is 66.7 Å². The number of aliphatic carboxylic acids is 1. The van der Waals surface area contributed by atoms with Gasteiger partial charge < -0.3 is 24.1 Å². The second-order valence-corrected chi connectivity index (χ2v) is 6.79. The van der Waals surface area contributed by atoms with Gasteiger partial charge in [0.15, 0.2) is 5.60 Å². The molecule has 0 saturated carbocycles. The van der Waals surface area contributed by atoms with Crippen molar-refractivity contribution in [1.82, 2.24) is 9.97 Å². The second kappa shape index (κ2) is 9.01. The molecule has 1 aromatic heterocycles. The minimum atomic E-state index is -1.98. The molecular weight excluding hydrogens is 400 g/mol. The summed E-state index contributed by atoms with van der Waals surface area (Å²) in [5, 5.41) is 10.4. The first kappa shape index (κ1) is 22.0. The maximum Gasteiger partial charge on any atom is 0.351 e. The predicted octanol–water partition coefficient (Wildman–Crippen LogP) is 3.31. The van der Waals surface area contributed by atoms with Gasteiger partial charge in [0, 0.05) is 7.11 Å². The molecule has 0 saturated heterocycles. The summed E-state index contributed by atoms with van der Waals surface area (Å²) in [6.07, 6.45) is 0. The highest BCUT2D eigenvalue weighted by Gasteiger charge is 2.59. The summed E-state index contributed by atoms with van der Waals surface area (Å²) in [5.41, 5.74) is -2.35. The van der Waals surface area contributed by atoms with Gasteiger partial charge in [-0.1, -0.05) is 60.7 Å². The van der Waals surface area contributed by atoms with Crippen LogP contribution in [0.2, 0.25) is 0 Å². The molecule has 1 N–H and O–H groups in total. The fourth-order valence-corrected chi connectivity index (χ4v) is 3.58. The number of hydrogen-bond acceptors (Lipinski definition) is 7. The molecular formula is C23H24N2O6. The molecule has 0 aliphatic rings. The number of carboxylic acid groups (broad SMARTS) is 1. The lowest BCUT2D eigenvalue weighted by molar-refractivity contribution is -0.183. The molecule has 31 heavy (non-hydrogen) atoms. The van der Waals surface area contributed by atoms with Gasteiger partial charge in [-0.3, -0.25) is 0 Å². The molecule has 1 heterocycles. The highest BCUT2D eigenvalue weighted by atomic mass is 16.6. The average molecular weight is 424 g/mol. The van der Waals surface area contributed by atoms with Gasteiger partial charge in [-0.15, -0.1) is 0 Å². The van der Waals surface area contributed by atoms with Crippen LogP contribution in [0.1, 0.15) is 18.1 Å². The molecule has 0 fully saturated rings. The third-order valence-electron chi connectivity index (χ3n) is 5.12. The average Bonchev–Trinajstić information content (AvgIpc) is 2.81. The number of rotatable bonds is 9. The number of aromatic nitrogens is 2. The zero-order chi connectivity index (χ0) is 22.5. The lowest BCUT2D eigenvalue weighted by Gasteiger charge is -2.44. The van der Waals surface area contributed by atoms with E-state index < -0.39 is 17.2 Å². The zero-order valence-electron chi connectivity index (χ0n) is 17.7. The maximum atomic E-state index is 12.8. The first-order valence-corrected chi connectivity index (χ1v) is 9.47. The van der Waals surface area contributed by atoms with E-state index in [0.717, 1.165) is 0 Å². The van der Waals surface area contributed by atoms with E-state index in [0.29, 0.717) is 11.1 Å². The van der Waals surface area contributed by atoms with Crippen molar-refractivity contribution in [3.8, 4) is 17.8 Å². The summed E-state index contributed by atoms with van der Waals surface area (Å²) >= 11 is 0. The molecule has 1 atom stereocenters. The zero-order valence-corrected chi connectivity index (χ0v) is 17.7. The van der Waals surface area contributed by atoms with E-state index in [1.807, 2.05) is 12.1 Å². The van der Waals surface area contributed by atoms with Crippen LogP contribution in [-0.2, 0) is 15.1 Å². The van der Waals surface area contributed by atoms with Crippen LogP contribution in [0, 0.1) is 0 Å². The van der Waals surface area contributed by atoms with Gasteiger partial charge in [0.1, 0.15) is 0 Å². The van der Waals surface area contributed by atoms with Crippen LogP contribution >= 0.6 is 0 Å². The Morgan fingerprint density at radius 1 is 0.839 bits per heavy atom. The summed E-state index contributed by atoms with van der Waals surface area (Å²) in [6.45, 7) is 1.42. The van der Waals surface area contributed by atoms with Crippen molar-refractivity contribution < 1.29 is 28.8 Å². The molecule has 8 nitrogen and oxygen atoms in total. The Kier molecular flexibility index (Phi) is 6.41. The number of carboxylic acids is 1. The van der Waals surface area contributed by atoms with Crippen LogP contribution in [0.4, 0.5) is 0 Å². The van der Waals surface area contributed by atoms with E-state index in [9.17, 15) is 9.90 Å². The van der Waals surface area contributed by atoms with Crippen LogP contribution in [0.3, 0.4) is 0 Å².